The van der Waals surface area contributed by atoms with Gasteiger partial charge in [0.25, 0.3) is 0 Å². The maximum Gasteiger partial charge on any atom is 0.148 e. The van der Waals surface area contributed by atoms with Gasteiger partial charge < -0.3 is 19.8 Å². The number of hydrogen-bond acceptors (Lipinski definition) is 7. The van der Waals surface area contributed by atoms with Crippen LogP contribution in [0.2, 0.25) is 0 Å². The van der Waals surface area contributed by atoms with Gasteiger partial charge in [-0.15, -0.1) is 0 Å². The van der Waals surface area contributed by atoms with E-state index in [2.05, 4.69) is 27.2 Å². The Balaban J connectivity index is 3.14. The van der Waals surface area contributed by atoms with Crippen LogP contribution in [0.3, 0.4) is 0 Å². The van der Waals surface area contributed by atoms with Crippen molar-refractivity contribution in [2.24, 2.45) is 5.84 Å². The number of nitrogens with zero attached hydrogens (tertiary/aromatic N) is 3. The van der Waals surface area contributed by atoms with Crippen molar-refractivity contribution in [3.8, 4) is 0 Å². The molecule has 0 aromatic carbocycles. The predicted octanol–water partition coefficient (Wildman–Crippen LogP) is 0.867. The standard InChI is InChI=1S/C13H25N5O2/c1-9(8-20-5)18(6-7-19-4)13-10(2)12(17-14)15-11(3)16-13/h9H,6-8,14H2,1-5H3,(H,15,16,17). The van der Waals surface area contributed by atoms with E-state index in [0.29, 0.717) is 24.9 Å². The predicted molar refractivity (Wildman–Crippen MR) is 79.9 cm³/mol. The Labute approximate surface area is 120 Å². The van der Waals surface area contributed by atoms with Crippen molar-refractivity contribution in [3.63, 3.8) is 0 Å². The molecule has 0 saturated heterocycles. The largest absolute Gasteiger partial charge is 0.383 e. The molecular formula is C13H25N5O2. The number of nitrogens with one attached hydrogen (secondary N) is 1. The van der Waals surface area contributed by atoms with Gasteiger partial charge in [-0.1, -0.05) is 0 Å². The quantitative estimate of drug-likeness (QED) is 0.540. The van der Waals surface area contributed by atoms with Crippen LogP contribution in [-0.4, -0.2) is 50.0 Å². The lowest BCUT2D eigenvalue weighted by molar-refractivity contribution is 0.170. The second-order valence-corrected chi connectivity index (χ2v) is 4.70. The molecule has 0 saturated carbocycles. The molecule has 3 N–H and O–H groups in total. The Hall–Kier alpha value is -1.44. The molecule has 20 heavy (non-hydrogen) atoms. The zero-order valence-corrected chi connectivity index (χ0v) is 12.9. The monoisotopic (exact) mass is 283 g/mol. The summed E-state index contributed by atoms with van der Waals surface area (Å²) in [5.74, 6) is 7.68. The van der Waals surface area contributed by atoms with Crippen LogP contribution >= 0.6 is 0 Å². The minimum Gasteiger partial charge on any atom is -0.383 e. The number of ether oxygens (including phenoxy) is 2. The second kappa shape index (κ2) is 7.98. The van der Waals surface area contributed by atoms with E-state index < -0.39 is 0 Å². The summed E-state index contributed by atoms with van der Waals surface area (Å²) in [7, 11) is 3.38. The van der Waals surface area contributed by atoms with E-state index in [0.717, 1.165) is 17.9 Å². The third-order valence-corrected chi connectivity index (χ3v) is 3.12. The summed E-state index contributed by atoms with van der Waals surface area (Å²) in [4.78, 5) is 11.0. The average Bonchev–Trinajstić information content (AvgIpc) is 2.42. The zero-order valence-electron chi connectivity index (χ0n) is 12.9. The Bertz CT molecular complexity index is 427. The highest BCUT2D eigenvalue weighted by molar-refractivity contribution is 5.58. The normalized spacial score (nSPS) is 12.3. The lowest BCUT2D eigenvalue weighted by Crippen LogP contribution is -2.40. The van der Waals surface area contributed by atoms with E-state index in [-0.39, 0.29) is 6.04 Å². The third kappa shape index (κ3) is 4.03. The number of methoxy groups -OCH3 is 2. The number of nitrogen functional groups attached to an aromatic ring is 1. The van der Waals surface area contributed by atoms with Crippen molar-refractivity contribution in [2.75, 3.05) is 44.3 Å². The van der Waals surface area contributed by atoms with Gasteiger partial charge in [0.2, 0.25) is 0 Å². The molecule has 1 atom stereocenters. The molecule has 0 spiro atoms. The van der Waals surface area contributed by atoms with Crippen molar-refractivity contribution >= 4 is 11.6 Å². The first kappa shape index (κ1) is 16.6. The SMILES string of the molecule is COCCN(c1nc(C)nc(NN)c1C)C(C)COC. The molecule has 7 heteroatoms. The number of nitrogens with two attached hydrogens (primary N) is 1. The number of aryl methyl sites for hydroxylation is 1. The minimum absolute atomic E-state index is 0.175. The van der Waals surface area contributed by atoms with E-state index in [1.54, 1.807) is 14.2 Å². The smallest absolute Gasteiger partial charge is 0.148 e. The summed E-state index contributed by atoms with van der Waals surface area (Å²) >= 11 is 0. The molecule has 0 fully saturated rings. The van der Waals surface area contributed by atoms with Gasteiger partial charge in [0.15, 0.2) is 0 Å². The molecule has 1 unspecified atom stereocenters. The van der Waals surface area contributed by atoms with Crippen LogP contribution in [0.4, 0.5) is 11.6 Å². The Morgan fingerprint density at radius 1 is 1.25 bits per heavy atom. The number of hydrazine groups is 1. The van der Waals surface area contributed by atoms with Gasteiger partial charge in [-0.25, -0.2) is 15.8 Å². The first-order valence-corrected chi connectivity index (χ1v) is 6.61. The minimum atomic E-state index is 0.175. The van der Waals surface area contributed by atoms with Crippen LogP contribution in [0, 0.1) is 13.8 Å². The summed E-state index contributed by atoms with van der Waals surface area (Å²) in [6, 6.07) is 0.175. The van der Waals surface area contributed by atoms with Gasteiger partial charge in [0, 0.05) is 26.3 Å². The highest BCUT2D eigenvalue weighted by Gasteiger charge is 2.20. The molecule has 1 rings (SSSR count). The van der Waals surface area contributed by atoms with E-state index in [1.165, 1.54) is 0 Å². The summed E-state index contributed by atoms with van der Waals surface area (Å²) in [5.41, 5.74) is 3.53. The molecule has 1 heterocycles. The lowest BCUT2D eigenvalue weighted by Gasteiger charge is -2.31. The van der Waals surface area contributed by atoms with Gasteiger partial charge in [0.05, 0.1) is 19.3 Å². The maximum absolute atomic E-state index is 5.52. The molecule has 0 amide bonds. The first-order valence-electron chi connectivity index (χ1n) is 6.61. The second-order valence-electron chi connectivity index (χ2n) is 4.70. The fourth-order valence-electron chi connectivity index (χ4n) is 2.09. The molecule has 0 radical (unpaired) electrons. The first-order chi connectivity index (χ1) is 9.54. The van der Waals surface area contributed by atoms with Crippen molar-refractivity contribution in [2.45, 2.75) is 26.8 Å². The average molecular weight is 283 g/mol. The molecule has 0 aliphatic heterocycles. The van der Waals surface area contributed by atoms with E-state index in [4.69, 9.17) is 15.3 Å². The highest BCUT2D eigenvalue weighted by Crippen LogP contribution is 2.24. The van der Waals surface area contributed by atoms with Gasteiger partial charge in [-0.3, -0.25) is 0 Å². The molecule has 7 nitrogen and oxygen atoms in total. The van der Waals surface area contributed by atoms with Crippen molar-refractivity contribution in [1.29, 1.82) is 0 Å². The third-order valence-electron chi connectivity index (χ3n) is 3.12. The number of anilines is 2. The zero-order chi connectivity index (χ0) is 15.1. The molecule has 1 aromatic rings. The fourth-order valence-corrected chi connectivity index (χ4v) is 2.09. The van der Waals surface area contributed by atoms with Crippen LogP contribution < -0.4 is 16.2 Å². The van der Waals surface area contributed by atoms with Gasteiger partial charge >= 0.3 is 0 Å². The van der Waals surface area contributed by atoms with E-state index in [1.807, 2.05) is 13.8 Å². The van der Waals surface area contributed by atoms with Crippen LogP contribution in [0.1, 0.15) is 18.3 Å². The molecular weight excluding hydrogens is 258 g/mol. The summed E-state index contributed by atoms with van der Waals surface area (Å²) in [5, 5.41) is 0. The van der Waals surface area contributed by atoms with E-state index >= 15 is 0 Å². The topological polar surface area (TPSA) is 85.5 Å². The van der Waals surface area contributed by atoms with Crippen molar-refractivity contribution < 1.29 is 9.47 Å². The van der Waals surface area contributed by atoms with Crippen molar-refractivity contribution in [1.82, 2.24) is 9.97 Å². The lowest BCUT2D eigenvalue weighted by atomic mass is 10.2. The molecule has 0 aliphatic carbocycles. The summed E-state index contributed by atoms with van der Waals surface area (Å²) in [6.45, 7) is 7.83. The Morgan fingerprint density at radius 2 is 1.95 bits per heavy atom. The Kier molecular flexibility index (Phi) is 6.63. The molecule has 114 valence electrons. The van der Waals surface area contributed by atoms with Crippen LogP contribution in [0.5, 0.6) is 0 Å². The molecule has 1 aromatic heterocycles. The number of hydrogen-bond donors (Lipinski definition) is 2. The van der Waals surface area contributed by atoms with Gasteiger partial charge in [0.1, 0.15) is 17.5 Å². The Morgan fingerprint density at radius 3 is 2.50 bits per heavy atom. The van der Waals surface area contributed by atoms with Gasteiger partial charge in [-0.05, 0) is 20.8 Å². The number of rotatable bonds is 8. The summed E-state index contributed by atoms with van der Waals surface area (Å²) < 4.78 is 10.4. The molecule has 0 aliphatic rings. The van der Waals surface area contributed by atoms with E-state index in [9.17, 15) is 0 Å². The van der Waals surface area contributed by atoms with Crippen LogP contribution in [0.25, 0.3) is 0 Å². The highest BCUT2D eigenvalue weighted by atomic mass is 16.5. The van der Waals surface area contributed by atoms with Crippen LogP contribution in [0.15, 0.2) is 0 Å². The molecule has 0 bridgehead atoms. The number of aromatic nitrogens is 2. The van der Waals surface area contributed by atoms with Crippen LogP contribution in [-0.2, 0) is 9.47 Å². The van der Waals surface area contributed by atoms with Gasteiger partial charge in [-0.2, -0.15) is 0 Å². The van der Waals surface area contributed by atoms with Crippen molar-refractivity contribution in [3.05, 3.63) is 11.4 Å². The maximum atomic E-state index is 5.52. The summed E-state index contributed by atoms with van der Waals surface area (Å²) in [6.07, 6.45) is 0. The fraction of sp³-hybridized carbons (Fsp3) is 0.692.